The Kier molecular flexibility index (Phi) is 3.89. The zero-order valence-corrected chi connectivity index (χ0v) is 11.9. The molecular formula is C15H17ClN2O2. The van der Waals surface area contributed by atoms with Crippen molar-refractivity contribution in [3.8, 4) is 0 Å². The fraction of sp³-hybridized carbons (Fsp3) is 0.400. The Bertz CT molecular complexity index is 608. The third-order valence-electron chi connectivity index (χ3n) is 3.72. The topological polar surface area (TPSA) is 54.4 Å². The van der Waals surface area contributed by atoms with Gasteiger partial charge in [-0.2, -0.15) is 0 Å². The number of nitrogens with zero attached hydrogens (tertiary/aromatic N) is 1. The molecule has 106 valence electrons. The van der Waals surface area contributed by atoms with Gasteiger partial charge in [-0.1, -0.05) is 17.7 Å². The molecule has 1 aromatic carbocycles. The SMILES string of the molecule is OCC1(CNCc2cc(Cl)cc3cccnc23)COC1. The van der Waals surface area contributed by atoms with Gasteiger partial charge in [0.05, 0.1) is 30.8 Å². The predicted molar refractivity (Wildman–Crippen MR) is 78.8 cm³/mol. The summed E-state index contributed by atoms with van der Waals surface area (Å²) in [6.45, 7) is 2.78. The van der Waals surface area contributed by atoms with Crippen molar-refractivity contribution >= 4 is 22.5 Å². The Morgan fingerprint density at radius 2 is 2.25 bits per heavy atom. The summed E-state index contributed by atoms with van der Waals surface area (Å²) in [5.74, 6) is 0. The predicted octanol–water partition coefficient (Wildman–Crippen LogP) is 1.99. The summed E-state index contributed by atoms with van der Waals surface area (Å²) >= 11 is 6.14. The number of aliphatic hydroxyl groups is 1. The zero-order chi connectivity index (χ0) is 14.0. The maximum atomic E-state index is 9.40. The molecule has 0 saturated carbocycles. The van der Waals surface area contributed by atoms with Gasteiger partial charge in [-0.3, -0.25) is 4.98 Å². The third kappa shape index (κ3) is 2.65. The van der Waals surface area contributed by atoms with Crippen molar-refractivity contribution in [3.63, 3.8) is 0 Å². The lowest BCUT2D eigenvalue weighted by Gasteiger charge is -2.40. The Labute approximate surface area is 122 Å². The highest BCUT2D eigenvalue weighted by Crippen LogP contribution is 2.26. The maximum absolute atomic E-state index is 9.40. The summed E-state index contributed by atoms with van der Waals surface area (Å²) < 4.78 is 5.19. The molecule has 2 aromatic rings. The Hall–Kier alpha value is -1.20. The van der Waals surface area contributed by atoms with E-state index >= 15 is 0 Å². The van der Waals surface area contributed by atoms with Crippen LogP contribution in [0.15, 0.2) is 30.5 Å². The molecule has 1 saturated heterocycles. The van der Waals surface area contributed by atoms with E-state index in [1.54, 1.807) is 6.20 Å². The van der Waals surface area contributed by atoms with E-state index in [-0.39, 0.29) is 12.0 Å². The van der Waals surface area contributed by atoms with Crippen LogP contribution in [0.25, 0.3) is 10.9 Å². The summed E-state index contributed by atoms with van der Waals surface area (Å²) in [4.78, 5) is 4.42. The van der Waals surface area contributed by atoms with E-state index in [0.29, 0.717) is 24.8 Å². The highest BCUT2D eigenvalue weighted by molar-refractivity contribution is 6.31. The summed E-state index contributed by atoms with van der Waals surface area (Å²) in [6, 6.07) is 7.77. The van der Waals surface area contributed by atoms with Crippen molar-refractivity contribution < 1.29 is 9.84 Å². The van der Waals surface area contributed by atoms with Crippen LogP contribution >= 0.6 is 11.6 Å². The molecule has 0 unspecified atom stereocenters. The molecule has 0 radical (unpaired) electrons. The number of rotatable bonds is 5. The first kappa shape index (κ1) is 13.8. The van der Waals surface area contributed by atoms with E-state index in [1.165, 1.54) is 0 Å². The van der Waals surface area contributed by atoms with E-state index < -0.39 is 0 Å². The van der Waals surface area contributed by atoms with Crippen molar-refractivity contribution in [2.24, 2.45) is 5.41 Å². The number of halogens is 1. The van der Waals surface area contributed by atoms with E-state index in [2.05, 4.69) is 10.3 Å². The van der Waals surface area contributed by atoms with Crippen LogP contribution in [0, 0.1) is 5.41 Å². The number of nitrogens with one attached hydrogen (secondary N) is 1. The molecule has 0 atom stereocenters. The minimum absolute atomic E-state index is 0.123. The largest absolute Gasteiger partial charge is 0.396 e. The van der Waals surface area contributed by atoms with Gasteiger partial charge in [-0.15, -0.1) is 0 Å². The second kappa shape index (κ2) is 5.66. The average molecular weight is 293 g/mol. The maximum Gasteiger partial charge on any atom is 0.0747 e. The van der Waals surface area contributed by atoms with Crippen LogP contribution in [0.1, 0.15) is 5.56 Å². The first-order chi connectivity index (χ1) is 9.72. The van der Waals surface area contributed by atoms with Crippen LogP contribution in [0.5, 0.6) is 0 Å². The van der Waals surface area contributed by atoms with Crippen LogP contribution in [0.4, 0.5) is 0 Å². The molecule has 2 heterocycles. The smallest absolute Gasteiger partial charge is 0.0747 e. The van der Waals surface area contributed by atoms with Crippen LogP contribution in [-0.4, -0.2) is 36.5 Å². The Morgan fingerprint density at radius 3 is 2.95 bits per heavy atom. The van der Waals surface area contributed by atoms with Crippen molar-refractivity contribution in [1.29, 1.82) is 0 Å². The van der Waals surface area contributed by atoms with Crippen molar-refractivity contribution in [2.45, 2.75) is 6.54 Å². The minimum atomic E-state index is -0.123. The van der Waals surface area contributed by atoms with Gasteiger partial charge in [0.15, 0.2) is 0 Å². The molecule has 3 rings (SSSR count). The van der Waals surface area contributed by atoms with Gasteiger partial charge < -0.3 is 15.2 Å². The van der Waals surface area contributed by atoms with Gasteiger partial charge in [-0.25, -0.2) is 0 Å². The van der Waals surface area contributed by atoms with Gasteiger partial charge in [0, 0.05) is 29.7 Å². The van der Waals surface area contributed by atoms with Gasteiger partial charge in [0.2, 0.25) is 0 Å². The molecule has 5 heteroatoms. The number of fused-ring (bicyclic) bond motifs is 1. The fourth-order valence-corrected chi connectivity index (χ4v) is 2.71. The first-order valence-electron chi connectivity index (χ1n) is 6.65. The first-order valence-corrected chi connectivity index (χ1v) is 7.03. The summed E-state index contributed by atoms with van der Waals surface area (Å²) in [5.41, 5.74) is 1.91. The number of pyridine rings is 1. The molecule has 0 spiro atoms. The number of ether oxygens (including phenoxy) is 1. The third-order valence-corrected chi connectivity index (χ3v) is 3.93. The second-order valence-electron chi connectivity index (χ2n) is 5.39. The molecule has 20 heavy (non-hydrogen) atoms. The average Bonchev–Trinajstić information content (AvgIpc) is 2.41. The van der Waals surface area contributed by atoms with Gasteiger partial charge in [-0.05, 0) is 23.8 Å². The minimum Gasteiger partial charge on any atom is -0.396 e. The molecule has 4 nitrogen and oxygen atoms in total. The molecular weight excluding hydrogens is 276 g/mol. The lowest BCUT2D eigenvalue weighted by molar-refractivity contribution is -0.134. The molecule has 1 aliphatic rings. The fourth-order valence-electron chi connectivity index (χ4n) is 2.46. The van der Waals surface area contributed by atoms with Gasteiger partial charge >= 0.3 is 0 Å². The zero-order valence-electron chi connectivity index (χ0n) is 11.1. The molecule has 0 aliphatic carbocycles. The van der Waals surface area contributed by atoms with Crippen molar-refractivity contribution in [2.75, 3.05) is 26.4 Å². The van der Waals surface area contributed by atoms with Crippen molar-refractivity contribution in [3.05, 3.63) is 41.0 Å². The van der Waals surface area contributed by atoms with Crippen LogP contribution in [0.3, 0.4) is 0 Å². The molecule has 0 bridgehead atoms. The Balaban J connectivity index is 1.74. The summed E-state index contributed by atoms with van der Waals surface area (Å²) in [7, 11) is 0. The summed E-state index contributed by atoms with van der Waals surface area (Å²) in [6.07, 6.45) is 1.79. The standard InChI is InChI=1S/C15H17ClN2O2/c16-13-4-11-2-1-3-18-14(11)12(5-13)6-17-7-15(8-19)9-20-10-15/h1-5,17,19H,6-10H2. The number of hydrogen-bond donors (Lipinski definition) is 2. The van der Waals surface area contributed by atoms with Crippen LogP contribution < -0.4 is 5.32 Å². The van der Waals surface area contributed by atoms with E-state index in [0.717, 1.165) is 23.0 Å². The van der Waals surface area contributed by atoms with Crippen LogP contribution in [-0.2, 0) is 11.3 Å². The van der Waals surface area contributed by atoms with Crippen molar-refractivity contribution in [1.82, 2.24) is 10.3 Å². The van der Waals surface area contributed by atoms with Crippen LogP contribution in [0.2, 0.25) is 5.02 Å². The van der Waals surface area contributed by atoms with Gasteiger partial charge in [0.25, 0.3) is 0 Å². The van der Waals surface area contributed by atoms with Gasteiger partial charge in [0.1, 0.15) is 0 Å². The number of aliphatic hydroxyl groups excluding tert-OH is 1. The van der Waals surface area contributed by atoms with E-state index in [1.807, 2.05) is 24.3 Å². The highest BCUT2D eigenvalue weighted by Gasteiger charge is 2.37. The highest BCUT2D eigenvalue weighted by atomic mass is 35.5. The lowest BCUT2D eigenvalue weighted by Crippen LogP contribution is -2.52. The molecule has 0 amide bonds. The quantitative estimate of drug-likeness (QED) is 0.885. The second-order valence-corrected chi connectivity index (χ2v) is 5.83. The Morgan fingerprint density at radius 1 is 1.40 bits per heavy atom. The number of hydrogen-bond acceptors (Lipinski definition) is 4. The molecule has 1 aliphatic heterocycles. The number of aromatic nitrogens is 1. The molecule has 2 N–H and O–H groups in total. The lowest BCUT2D eigenvalue weighted by atomic mass is 9.87. The number of benzene rings is 1. The normalized spacial score (nSPS) is 17.1. The summed E-state index contributed by atoms with van der Waals surface area (Å²) in [5, 5.41) is 14.5. The monoisotopic (exact) mass is 292 g/mol. The molecule has 1 aromatic heterocycles. The molecule has 1 fully saturated rings. The van der Waals surface area contributed by atoms with E-state index in [4.69, 9.17) is 16.3 Å². The van der Waals surface area contributed by atoms with E-state index in [9.17, 15) is 5.11 Å².